The average molecular weight is 1770 g/mol. The molecule has 6 aromatic rings. The van der Waals surface area contributed by atoms with Crippen molar-refractivity contribution in [3.8, 4) is 11.5 Å². The van der Waals surface area contributed by atoms with Gasteiger partial charge in [0, 0.05) is 30.8 Å². The summed E-state index contributed by atoms with van der Waals surface area (Å²) in [6.45, 7) is 25.9. The molecule has 0 amide bonds. The lowest BCUT2D eigenvalue weighted by molar-refractivity contribution is 0.0916. The van der Waals surface area contributed by atoms with Crippen LogP contribution in [0, 0.1) is 83.9 Å². The average Bonchev–Trinajstić information content (AvgIpc) is 1.64. The van der Waals surface area contributed by atoms with Crippen LogP contribution in [-0.4, -0.2) is 128 Å². The van der Waals surface area contributed by atoms with E-state index < -0.39 is 0 Å². The maximum atomic E-state index is 10.4. The number of rotatable bonds is 26. The molecule has 0 aliphatic heterocycles. The van der Waals surface area contributed by atoms with Gasteiger partial charge in [0.1, 0.15) is 35.3 Å². The minimum absolute atomic E-state index is 0.0891. The SMILES string of the molecule is C=C=NCC1(C)CC(N=C=O)CC(C)(C)C1.C=C=NCC1CC2CCC1C2.CC1CC(CC2CCC(N=C=O)C(C)C2)CCC1N=C=O.CCN=C=O.Cc1cc(Cc2ccc(N=C=O)c(C)c2)ccc1C=C=O.O=C=CC1CCC(CC2CCC(N=C=O)CC2)CC1.O=C=Cc1ccc(Cc2ccc(N=C=O)cc2)cc1.O=C=Cc1ccc(Oc2ccc(N=C=O)cc2)cc1. The van der Waals surface area contributed by atoms with Crippen LogP contribution in [-0.2, 0) is 70.4 Å². The van der Waals surface area contributed by atoms with Gasteiger partial charge < -0.3 is 4.74 Å². The second-order valence-corrected chi connectivity index (χ2v) is 36.4. The maximum absolute atomic E-state index is 10.4. The number of carbonyl (C=O) groups excluding carboxylic acids is 12. The molecule has 23 heteroatoms. The van der Waals surface area contributed by atoms with E-state index in [-0.39, 0.29) is 35.0 Å². The van der Waals surface area contributed by atoms with E-state index in [0.717, 1.165) is 163 Å². The fraction of sp³-hybridized carbons (Fsp3) is 0.481. The van der Waals surface area contributed by atoms with E-state index in [1.54, 1.807) is 122 Å². The number of isocyanates is 8. The molecule has 11 atom stereocenters. The number of fused-ring (bicyclic) bond motifs is 2. The Balaban J connectivity index is 0.000000234. The first-order chi connectivity index (χ1) is 63.4. The molecular formula is C108H124N10O13. The van der Waals surface area contributed by atoms with Crippen LogP contribution in [0.3, 0.4) is 0 Å². The second kappa shape index (κ2) is 59.9. The summed E-state index contributed by atoms with van der Waals surface area (Å²) >= 11 is 0. The molecule has 2 bridgehead atoms. The van der Waals surface area contributed by atoms with Gasteiger partial charge in [-0.15, -0.1) is 0 Å². The molecule has 11 unspecified atom stereocenters. The second-order valence-electron chi connectivity index (χ2n) is 36.4. The first kappa shape index (κ1) is 107. The van der Waals surface area contributed by atoms with Crippen LogP contribution in [0.5, 0.6) is 11.5 Å². The highest BCUT2D eigenvalue weighted by molar-refractivity contribution is 5.77. The summed E-state index contributed by atoms with van der Waals surface area (Å²) in [5.41, 5.74) is 11.2. The highest BCUT2D eigenvalue weighted by Crippen LogP contribution is 2.49. The van der Waals surface area contributed by atoms with Crippen LogP contribution in [0.25, 0.3) is 18.2 Å². The Morgan fingerprint density at radius 3 is 1.36 bits per heavy atom. The van der Waals surface area contributed by atoms with Crippen molar-refractivity contribution in [1.29, 1.82) is 0 Å². The largest absolute Gasteiger partial charge is 0.457 e. The number of hydrogen-bond acceptors (Lipinski definition) is 23. The number of aryl methyl sites for hydroxylation is 2. The zero-order valence-corrected chi connectivity index (χ0v) is 77.1. The zero-order chi connectivity index (χ0) is 95.0. The quantitative estimate of drug-likeness (QED) is 0.0277. The minimum atomic E-state index is 0.0891. The van der Waals surface area contributed by atoms with Gasteiger partial charge in [-0.05, 0) is 374 Å². The van der Waals surface area contributed by atoms with Crippen molar-refractivity contribution in [2.45, 2.75) is 240 Å². The van der Waals surface area contributed by atoms with Crippen molar-refractivity contribution < 1.29 is 62.3 Å². The molecule has 0 spiro atoms. The molecule has 0 aromatic heterocycles. The van der Waals surface area contributed by atoms with Crippen LogP contribution in [0.2, 0.25) is 0 Å². The van der Waals surface area contributed by atoms with Gasteiger partial charge in [0.05, 0.1) is 54.3 Å². The topological polar surface area (TPSA) is 338 Å². The van der Waals surface area contributed by atoms with Gasteiger partial charge in [-0.3, -0.25) is 0 Å². The van der Waals surface area contributed by atoms with Crippen molar-refractivity contribution in [2.75, 3.05) is 19.6 Å². The third-order valence-electron chi connectivity index (χ3n) is 25.7. The van der Waals surface area contributed by atoms with Crippen molar-refractivity contribution in [1.82, 2.24) is 0 Å². The molecule has 0 heterocycles. The molecule has 7 aliphatic rings. The predicted octanol–water partition coefficient (Wildman–Crippen LogP) is 22.6. The molecule has 13 rings (SSSR count). The number of benzene rings is 6. The molecule has 0 radical (unpaired) electrons. The maximum Gasteiger partial charge on any atom is 0.240 e. The van der Waals surface area contributed by atoms with E-state index in [1.807, 2.05) is 86.5 Å². The lowest BCUT2D eigenvalue weighted by Crippen LogP contribution is -2.39. The van der Waals surface area contributed by atoms with Gasteiger partial charge in [0.25, 0.3) is 0 Å². The fourth-order valence-corrected chi connectivity index (χ4v) is 19.7. The van der Waals surface area contributed by atoms with Crippen LogP contribution >= 0.6 is 0 Å². The Bertz CT molecular complexity index is 4950. The highest BCUT2D eigenvalue weighted by Gasteiger charge is 2.42. The Kier molecular flexibility index (Phi) is 48.7. The van der Waals surface area contributed by atoms with E-state index in [0.29, 0.717) is 59.4 Å². The molecule has 23 nitrogen and oxygen atoms in total. The summed E-state index contributed by atoms with van der Waals surface area (Å²) in [6.07, 6.45) is 47.8. The molecule has 6 aromatic carbocycles. The lowest BCUT2D eigenvalue weighted by atomic mass is 9.63. The lowest BCUT2D eigenvalue weighted by Gasteiger charge is -2.44. The van der Waals surface area contributed by atoms with Crippen LogP contribution in [0.15, 0.2) is 203 Å². The molecular weight excluding hydrogens is 1650 g/mol. The van der Waals surface area contributed by atoms with Crippen LogP contribution in [0.4, 0.5) is 17.1 Å². The van der Waals surface area contributed by atoms with E-state index in [1.165, 1.54) is 132 Å². The van der Waals surface area contributed by atoms with E-state index in [4.69, 9.17) is 9.53 Å². The molecule has 7 fully saturated rings. The summed E-state index contributed by atoms with van der Waals surface area (Å²) < 4.78 is 5.59. The minimum Gasteiger partial charge on any atom is -0.457 e. The number of nitrogens with zero attached hydrogens (tertiary/aromatic N) is 10. The van der Waals surface area contributed by atoms with Crippen LogP contribution in [0.1, 0.15) is 239 Å². The summed E-state index contributed by atoms with van der Waals surface area (Å²) in [5, 5.41) is 0. The Morgan fingerprint density at radius 2 is 0.901 bits per heavy atom. The number of aliphatic imine (C=N–C) groups is 10. The van der Waals surface area contributed by atoms with Gasteiger partial charge in [0.15, 0.2) is 0 Å². The van der Waals surface area contributed by atoms with E-state index in [2.05, 4.69) is 116 Å². The van der Waals surface area contributed by atoms with E-state index in [9.17, 15) is 52.7 Å². The summed E-state index contributed by atoms with van der Waals surface area (Å²) in [5.74, 6) is 21.3. The third-order valence-corrected chi connectivity index (χ3v) is 25.7. The number of hydrogen-bond donors (Lipinski definition) is 0. The summed E-state index contributed by atoms with van der Waals surface area (Å²) in [4.78, 5) is 160. The molecule has 0 saturated heterocycles. The van der Waals surface area contributed by atoms with Gasteiger partial charge in [-0.2, -0.15) is 15.0 Å². The fourth-order valence-electron chi connectivity index (χ4n) is 19.7. The van der Waals surface area contributed by atoms with E-state index >= 15 is 0 Å². The molecule has 131 heavy (non-hydrogen) atoms. The molecule has 7 saturated carbocycles. The van der Waals surface area contributed by atoms with Gasteiger partial charge in [0.2, 0.25) is 48.6 Å². The van der Waals surface area contributed by atoms with Gasteiger partial charge in [-0.25, -0.2) is 92.5 Å². The molecule has 0 N–H and O–H groups in total. The van der Waals surface area contributed by atoms with Crippen molar-refractivity contribution >= 4 is 119 Å². The van der Waals surface area contributed by atoms with Gasteiger partial charge in [-0.1, -0.05) is 120 Å². The Labute approximate surface area is 771 Å². The van der Waals surface area contributed by atoms with Crippen LogP contribution < -0.4 is 4.74 Å². The zero-order valence-electron chi connectivity index (χ0n) is 77.1. The normalized spacial score (nSPS) is 23.2. The van der Waals surface area contributed by atoms with Crippen molar-refractivity contribution in [3.05, 3.63) is 203 Å². The first-order valence-corrected chi connectivity index (χ1v) is 45.5. The number of allylic oxidation sites excluding steroid dienone is 1. The number of ether oxygens (including phenoxy) is 1. The Morgan fingerprint density at radius 1 is 0.427 bits per heavy atom. The smallest absolute Gasteiger partial charge is 0.240 e. The third kappa shape index (κ3) is 40.2. The highest BCUT2D eigenvalue weighted by atomic mass is 16.5. The molecule has 684 valence electrons. The summed E-state index contributed by atoms with van der Waals surface area (Å²) in [7, 11) is 0. The standard InChI is InChI=1S/C18H15NO2.C17H26N2O2.C16H23NO2.C16H11NO2.C15H9NO3.C13H20N2O.C10H15N.C3H5NO/c1-13-9-15(3-5-17(13)7-8-20)11-16-4-6-18(19-12-21)14(2)10-16;1-12-7-14(3-5-16(12)18-10-20)9-15-4-6-17(19-11-21)13(2)8-15;2*18-10-9-13-1-3-14(4-2-13)11-15-5-7-16(8-6-15)17-12-19;17-10-9-12-1-5-14(6-2-12)19-15-7-3-13(4-8-15)16-11-18;1-5-14-9-13(4)7-11(15-10-16)6-12(2,3)8-13;1-2-11-7-10-6-8-3-4-9(10)5-8;1-2-4-3-5/h3-7,9-10H,11H2,1-2H3;12-17H,3-9H2,1-2H3;9,13-16H,1-8,11H2;1-9H,11H2;1-9H;11H,1,6-9H2,2-4H3;8-10H,1,3-7H2;2H2,1H3. The molecule has 7 aliphatic carbocycles. The van der Waals surface area contributed by atoms with Gasteiger partial charge >= 0.3 is 0 Å². The predicted molar refractivity (Wildman–Crippen MR) is 514 cm³/mol. The Hall–Kier alpha value is -13.1. The summed E-state index contributed by atoms with van der Waals surface area (Å²) in [6, 6.07) is 41.4. The first-order valence-electron chi connectivity index (χ1n) is 45.5. The van der Waals surface area contributed by atoms with Crippen molar-refractivity contribution in [2.24, 2.45) is 120 Å². The monoisotopic (exact) mass is 1770 g/mol. The van der Waals surface area contributed by atoms with Crippen molar-refractivity contribution in [3.63, 3.8) is 0 Å².